The third-order valence-electron chi connectivity index (χ3n) is 2.01. The van der Waals surface area contributed by atoms with E-state index in [-0.39, 0.29) is 18.2 Å². The number of ether oxygens (including phenoxy) is 1. The molecular weight excluding hydrogens is 214 g/mol. The molecule has 0 aliphatic carbocycles. The van der Waals surface area contributed by atoms with Crippen molar-refractivity contribution in [2.75, 3.05) is 6.61 Å². The number of hydrogen-bond acceptors (Lipinski definition) is 2. The van der Waals surface area contributed by atoms with E-state index in [1.165, 1.54) is 12.1 Å². The molecule has 0 aromatic heterocycles. The van der Waals surface area contributed by atoms with E-state index in [4.69, 9.17) is 15.9 Å². The van der Waals surface area contributed by atoms with Crippen molar-refractivity contribution in [1.29, 1.82) is 5.41 Å². The van der Waals surface area contributed by atoms with Crippen LogP contribution in [0.2, 0.25) is 0 Å². The zero-order chi connectivity index (χ0) is 12.0. The van der Waals surface area contributed by atoms with Gasteiger partial charge in [-0.25, -0.2) is 4.39 Å². The first-order chi connectivity index (χ1) is 7.61. The summed E-state index contributed by atoms with van der Waals surface area (Å²) < 4.78 is 30.9. The first kappa shape index (κ1) is 12.4. The van der Waals surface area contributed by atoms with Crippen LogP contribution in [-0.2, 0) is 0 Å². The van der Waals surface area contributed by atoms with E-state index in [0.29, 0.717) is 19.3 Å². The molecule has 0 aliphatic heterocycles. The number of benzene rings is 1. The van der Waals surface area contributed by atoms with Crippen molar-refractivity contribution in [2.45, 2.75) is 19.3 Å². The zero-order valence-electron chi connectivity index (χ0n) is 8.80. The molecule has 0 saturated heterocycles. The molecule has 88 valence electrons. The third-order valence-corrected chi connectivity index (χ3v) is 2.01. The SMILES string of the molecule is N=C(N)CCCCOc1cccc(F)c1F. The summed E-state index contributed by atoms with van der Waals surface area (Å²) in [6, 6.07) is 3.81. The molecule has 3 N–H and O–H groups in total. The number of hydrogen-bond donors (Lipinski definition) is 2. The van der Waals surface area contributed by atoms with Gasteiger partial charge >= 0.3 is 0 Å². The second-order valence-electron chi connectivity index (χ2n) is 3.38. The highest BCUT2D eigenvalue weighted by atomic mass is 19.2. The van der Waals surface area contributed by atoms with Gasteiger partial charge in [0.25, 0.3) is 0 Å². The fourth-order valence-electron chi connectivity index (χ4n) is 1.20. The summed E-state index contributed by atoms with van der Waals surface area (Å²) in [6.45, 7) is 0.285. The van der Waals surface area contributed by atoms with E-state index in [0.717, 1.165) is 6.07 Å². The molecule has 3 nitrogen and oxygen atoms in total. The standard InChI is InChI=1S/C11H14F2N2O/c12-8-4-3-5-9(11(8)13)16-7-2-1-6-10(14)15/h3-5H,1-2,6-7H2,(H3,14,15). The first-order valence-electron chi connectivity index (χ1n) is 5.01. The molecular formula is C11H14F2N2O. The predicted octanol–water partition coefficient (Wildman–Crippen LogP) is 2.45. The second-order valence-corrected chi connectivity index (χ2v) is 3.38. The molecule has 1 rings (SSSR count). The molecule has 0 atom stereocenters. The van der Waals surface area contributed by atoms with Crippen LogP contribution in [0.4, 0.5) is 8.78 Å². The number of rotatable bonds is 6. The number of nitrogens with one attached hydrogen (secondary N) is 1. The van der Waals surface area contributed by atoms with Crippen LogP contribution in [0.3, 0.4) is 0 Å². The van der Waals surface area contributed by atoms with Crippen molar-refractivity contribution in [1.82, 2.24) is 0 Å². The van der Waals surface area contributed by atoms with Crippen molar-refractivity contribution >= 4 is 5.84 Å². The number of halogens is 2. The Bertz CT molecular complexity index is 369. The Labute approximate surface area is 92.7 Å². The minimum Gasteiger partial charge on any atom is -0.490 e. The van der Waals surface area contributed by atoms with Gasteiger partial charge in [-0.2, -0.15) is 4.39 Å². The van der Waals surface area contributed by atoms with E-state index in [1.807, 2.05) is 0 Å². The van der Waals surface area contributed by atoms with E-state index in [9.17, 15) is 8.78 Å². The average Bonchev–Trinajstić information content (AvgIpc) is 2.23. The maximum atomic E-state index is 13.1. The van der Waals surface area contributed by atoms with Crippen LogP contribution in [0.5, 0.6) is 5.75 Å². The van der Waals surface area contributed by atoms with Crippen molar-refractivity contribution in [3.05, 3.63) is 29.8 Å². The molecule has 5 heteroatoms. The van der Waals surface area contributed by atoms with Gasteiger partial charge in [-0.3, -0.25) is 5.41 Å². The highest BCUT2D eigenvalue weighted by Crippen LogP contribution is 2.19. The summed E-state index contributed by atoms with van der Waals surface area (Å²) in [5, 5.41) is 6.98. The molecule has 0 fully saturated rings. The van der Waals surface area contributed by atoms with Gasteiger partial charge in [-0.15, -0.1) is 0 Å². The quantitative estimate of drug-likeness (QED) is 0.446. The van der Waals surface area contributed by atoms with Crippen molar-refractivity contribution in [3.8, 4) is 5.75 Å². The van der Waals surface area contributed by atoms with E-state index in [2.05, 4.69) is 0 Å². The van der Waals surface area contributed by atoms with Crippen LogP contribution in [0, 0.1) is 17.0 Å². The van der Waals surface area contributed by atoms with Crippen LogP contribution in [0.1, 0.15) is 19.3 Å². The summed E-state index contributed by atoms with van der Waals surface area (Å²) in [4.78, 5) is 0. The lowest BCUT2D eigenvalue weighted by molar-refractivity contribution is 0.287. The lowest BCUT2D eigenvalue weighted by Crippen LogP contribution is -2.09. The number of amidine groups is 1. The molecule has 16 heavy (non-hydrogen) atoms. The monoisotopic (exact) mass is 228 g/mol. The van der Waals surface area contributed by atoms with Gasteiger partial charge in [-0.1, -0.05) is 6.07 Å². The molecule has 1 aromatic carbocycles. The van der Waals surface area contributed by atoms with Crippen LogP contribution in [0.15, 0.2) is 18.2 Å². The van der Waals surface area contributed by atoms with Crippen LogP contribution in [-0.4, -0.2) is 12.4 Å². The molecule has 0 saturated carbocycles. The van der Waals surface area contributed by atoms with E-state index < -0.39 is 11.6 Å². The number of unbranched alkanes of at least 4 members (excludes halogenated alkanes) is 1. The highest BCUT2D eigenvalue weighted by molar-refractivity contribution is 5.76. The molecule has 1 aromatic rings. The Morgan fingerprint density at radius 1 is 1.31 bits per heavy atom. The van der Waals surface area contributed by atoms with Gasteiger partial charge in [0.1, 0.15) is 0 Å². The molecule has 0 radical (unpaired) electrons. The van der Waals surface area contributed by atoms with Gasteiger partial charge in [0.2, 0.25) is 5.82 Å². The smallest absolute Gasteiger partial charge is 0.200 e. The van der Waals surface area contributed by atoms with Crippen LogP contribution < -0.4 is 10.5 Å². The summed E-state index contributed by atoms with van der Waals surface area (Å²) in [7, 11) is 0. The largest absolute Gasteiger partial charge is 0.490 e. The van der Waals surface area contributed by atoms with E-state index >= 15 is 0 Å². The third kappa shape index (κ3) is 3.84. The van der Waals surface area contributed by atoms with Crippen molar-refractivity contribution < 1.29 is 13.5 Å². The maximum absolute atomic E-state index is 13.1. The van der Waals surface area contributed by atoms with Gasteiger partial charge in [0, 0.05) is 6.42 Å². The molecule has 0 spiro atoms. The molecule has 0 heterocycles. The van der Waals surface area contributed by atoms with Crippen LogP contribution >= 0.6 is 0 Å². The predicted molar refractivity (Wildman–Crippen MR) is 57.6 cm³/mol. The Morgan fingerprint density at radius 3 is 2.75 bits per heavy atom. The highest BCUT2D eigenvalue weighted by Gasteiger charge is 2.07. The average molecular weight is 228 g/mol. The summed E-state index contributed by atoms with van der Waals surface area (Å²) in [5.74, 6) is -1.84. The fourth-order valence-corrected chi connectivity index (χ4v) is 1.20. The topological polar surface area (TPSA) is 59.1 Å². The molecule has 0 aliphatic rings. The lowest BCUT2D eigenvalue weighted by Gasteiger charge is -2.06. The maximum Gasteiger partial charge on any atom is 0.200 e. The van der Waals surface area contributed by atoms with E-state index in [1.54, 1.807) is 0 Å². The van der Waals surface area contributed by atoms with Gasteiger partial charge in [-0.05, 0) is 25.0 Å². The first-order valence-corrected chi connectivity index (χ1v) is 5.01. The van der Waals surface area contributed by atoms with Crippen LogP contribution in [0.25, 0.3) is 0 Å². The summed E-state index contributed by atoms with van der Waals surface area (Å²) in [6.07, 6.45) is 1.84. The second kappa shape index (κ2) is 6.05. The molecule has 0 bridgehead atoms. The summed E-state index contributed by atoms with van der Waals surface area (Å²) >= 11 is 0. The Balaban J connectivity index is 2.32. The van der Waals surface area contributed by atoms with Gasteiger partial charge in [0.05, 0.1) is 12.4 Å². The minimum atomic E-state index is -0.964. The summed E-state index contributed by atoms with van der Waals surface area (Å²) in [5.41, 5.74) is 5.16. The van der Waals surface area contributed by atoms with Crippen molar-refractivity contribution in [3.63, 3.8) is 0 Å². The lowest BCUT2D eigenvalue weighted by atomic mass is 10.2. The van der Waals surface area contributed by atoms with Gasteiger partial charge in [0.15, 0.2) is 11.6 Å². The Morgan fingerprint density at radius 2 is 2.06 bits per heavy atom. The zero-order valence-corrected chi connectivity index (χ0v) is 8.80. The number of nitrogens with two attached hydrogens (primary N) is 1. The van der Waals surface area contributed by atoms with Crippen molar-refractivity contribution in [2.24, 2.45) is 5.73 Å². The Kier molecular flexibility index (Phi) is 4.69. The molecule has 0 amide bonds. The normalized spacial score (nSPS) is 10.1. The Hall–Kier alpha value is -1.65. The fraction of sp³-hybridized carbons (Fsp3) is 0.364. The van der Waals surface area contributed by atoms with Gasteiger partial charge < -0.3 is 10.5 Å². The minimum absolute atomic E-state index is 0.0807. The molecule has 0 unspecified atom stereocenters.